The summed E-state index contributed by atoms with van der Waals surface area (Å²) in [6.07, 6.45) is 2.90. The summed E-state index contributed by atoms with van der Waals surface area (Å²) in [6, 6.07) is 12.8. The first kappa shape index (κ1) is 17.9. The molecule has 1 fully saturated rings. The van der Waals surface area contributed by atoms with Crippen LogP contribution in [0.5, 0.6) is 0 Å². The Hall–Kier alpha value is -3.19. The second-order valence-electron chi connectivity index (χ2n) is 7.61. The second-order valence-corrected chi connectivity index (χ2v) is 7.61. The van der Waals surface area contributed by atoms with Gasteiger partial charge in [-0.05, 0) is 49.4 Å². The summed E-state index contributed by atoms with van der Waals surface area (Å²) in [7, 11) is 3.57. The minimum absolute atomic E-state index is 0.0515. The fraction of sp³-hybridized carbons (Fsp3) is 0.273. The summed E-state index contributed by atoms with van der Waals surface area (Å²) >= 11 is 0. The predicted molar refractivity (Wildman–Crippen MR) is 111 cm³/mol. The van der Waals surface area contributed by atoms with Gasteiger partial charge in [-0.2, -0.15) is 0 Å². The third-order valence-electron chi connectivity index (χ3n) is 5.88. The van der Waals surface area contributed by atoms with Crippen molar-refractivity contribution in [3.8, 4) is 22.5 Å². The Labute approximate surface area is 167 Å². The van der Waals surface area contributed by atoms with Gasteiger partial charge in [0.15, 0.2) is 0 Å². The highest BCUT2D eigenvalue weighted by Gasteiger charge is 2.24. The molecule has 1 saturated heterocycles. The minimum atomic E-state index is -0.268. The smallest absolute Gasteiger partial charge is 0.326 e. The van der Waals surface area contributed by atoms with Gasteiger partial charge in [0.05, 0.1) is 28.7 Å². The molecule has 0 unspecified atom stereocenters. The van der Waals surface area contributed by atoms with Crippen LogP contribution in [0.2, 0.25) is 0 Å². The third-order valence-corrected chi connectivity index (χ3v) is 5.88. The molecule has 1 aliphatic rings. The molecule has 148 valence electrons. The molecule has 0 aliphatic carbocycles. The first-order chi connectivity index (χ1) is 14.0. The highest BCUT2D eigenvalue weighted by Crippen LogP contribution is 2.35. The van der Waals surface area contributed by atoms with E-state index in [0.717, 1.165) is 53.1 Å². The van der Waals surface area contributed by atoms with Crippen LogP contribution in [0.25, 0.3) is 33.5 Å². The lowest BCUT2D eigenvalue weighted by molar-refractivity contribution is 0.551. The zero-order valence-electron chi connectivity index (χ0n) is 16.4. The van der Waals surface area contributed by atoms with Crippen molar-refractivity contribution in [1.82, 2.24) is 24.0 Å². The van der Waals surface area contributed by atoms with Crippen LogP contribution >= 0.6 is 0 Å². The molecule has 5 rings (SSSR count). The summed E-state index contributed by atoms with van der Waals surface area (Å²) in [5.74, 6) is -0.268. The van der Waals surface area contributed by atoms with Crippen LogP contribution in [-0.4, -0.2) is 31.8 Å². The number of hydrogen-bond acceptors (Lipinski definition) is 3. The van der Waals surface area contributed by atoms with Gasteiger partial charge in [-0.15, -0.1) is 0 Å². The number of rotatable bonds is 3. The lowest BCUT2D eigenvalue weighted by Crippen LogP contribution is -2.19. The lowest BCUT2D eigenvalue weighted by atomic mass is 10.0. The quantitative estimate of drug-likeness (QED) is 0.584. The Morgan fingerprint density at radius 2 is 1.76 bits per heavy atom. The van der Waals surface area contributed by atoms with Crippen molar-refractivity contribution in [2.45, 2.75) is 12.5 Å². The molecular weight excluding hydrogens is 369 g/mol. The fourth-order valence-electron chi connectivity index (χ4n) is 4.27. The predicted octanol–water partition coefficient (Wildman–Crippen LogP) is 3.08. The van der Waals surface area contributed by atoms with E-state index in [1.165, 1.54) is 12.1 Å². The Morgan fingerprint density at radius 1 is 1.03 bits per heavy atom. The molecule has 2 aromatic heterocycles. The maximum absolute atomic E-state index is 13.5. The van der Waals surface area contributed by atoms with Gasteiger partial charge >= 0.3 is 5.69 Å². The standard InChI is InChI=1S/C22H22FN5O/c1-26-18-8-5-15(11-19(18)27(2)22(26)29)21-20(14-3-6-16(23)7-4-14)25-13-28(21)17-9-10-24-12-17/h3-8,11,13,17,24H,9-10,12H2,1-2H3/t17-/m1/s1. The molecule has 0 saturated carbocycles. The molecule has 1 aliphatic heterocycles. The lowest BCUT2D eigenvalue weighted by Gasteiger charge is -2.16. The largest absolute Gasteiger partial charge is 0.328 e. The number of benzene rings is 2. The zero-order chi connectivity index (χ0) is 20.1. The van der Waals surface area contributed by atoms with Gasteiger partial charge in [-0.3, -0.25) is 9.13 Å². The van der Waals surface area contributed by atoms with E-state index in [4.69, 9.17) is 4.98 Å². The van der Waals surface area contributed by atoms with E-state index in [9.17, 15) is 9.18 Å². The van der Waals surface area contributed by atoms with E-state index in [0.29, 0.717) is 6.04 Å². The van der Waals surface area contributed by atoms with Crippen molar-refractivity contribution in [1.29, 1.82) is 0 Å². The Morgan fingerprint density at radius 3 is 2.48 bits per heavy atom. The maximum Gasteiger partial charge on any atom is 0.328 e. The summed E-state index contributed by atoms with van der Waals surface area (Å²) in [5, 5.41) is 3.41. The van der Waals surface area contributed by atoms with Crippen molar-refractivity contribution in [3.63, 3.8) is 0 Å². The summed E-state index contributed by atoms with van der Waals surface area (Å²) in [5.41, 5.74) is 5.37. The summed E-state index contributed by atoms with van der Waals surface area (Å²) in [4.78, 5) is 17.0. The molecule has 4 aromatic rings. The molecule has 0 spiro atoms. The van der Waals surface area contributed by atoms with Gasteiger partial charge in [-0.1, -0.05) is 6.07 Å². The van der Waals surface area contributed by atoms with E-state index in [1.54, 1.807) is 35.4 Å². The van der Waals surface area contributed by atoms with E-state index >= 15 is 0 Å². The Kier molecular flexibility index (Phi) is 4.13. The maximum atomic E-state index is 13.5. The first-order valence-electron chi connectivity index (χ1n) is 9.74. The molecule has 29 heavy (non-hydrogen) atoms. The molecule has 0 radical (unpaired) electrons. The van der Waals surface area contributed by atoms with Crippen LogP contribution in [0.15, 0.2) is 53.6 Å². The van der Waals surface area contributed by atoms with Gasteiger partial charge in [0, 0.05) is 37.8 Å². The number of nitrogens with one attached hydrogen (secondary N) is 1. The van der Waals surface area contributed by atoms with Crippen LogP contribution in [0.1, 0.15) is 12.5 Å². The number of nitrogens with zero attached hydrogens (tertiary/aromatic N) is 4. The number of aryl methyl sites for hydroxylation is 2. The van der Waals surface area contributed by atoms with Gasteiger partial charge in [-0.25, -0.2) is 14.2 Å². The highest BCUT2D eigenvalue weighted by molar-refractivity contribution is 5.86. The Balaban J connectivity index is 1.75. The highest BCUT2D eigenvalue weighted by atomic mass is 19.1. The summed E-state index contributed by atoms with van der Waals surface area (Å²) < 4.78 is 19.0. The van der Waals surface area contributed by atoms with Crippen molar-refractivity contribution >= 4 is 11.0 Å². The van der Waals surface area contributed by atoms with E-state index in [2.05, 4.69) is 9.88 Å². The summed E-state index contributed by atoms with van der Waals surface area (Å²) in [6.45, 7) is 1.86. The molecule has 0 bridgehead atoms. The number of aromatic nitrogens is 4. The number of hydrogen-bond donors (Lipinski definition) is 1. The van der Waals surface area contributed by atoms with E-state index in [1.807, 2.05) is 24.5 Å². The molecule has 0 amide bonds. The topological polar surface area (TPSA) is 56.8 Å². The third kappa shape index (κ3) is 2.81. The number of fused-ring (bicyclic) bond motifs is 1. The van der Waals surface area contributed by atoms with Crippen LogP contribution in [0.3, 0.4) is 0 Å². The average molecular weight is 391 g/mol. The average Bonchev–Trinajstić information content (AvgIpc) is 3.45. The van der Waals surface area contributed by atoms with Crippen LogP contribution in [0, 0.1) is 5.82 Å². The van der Waals surface area contributed by atoms with E-state index < -0.39 is 0 Å². The van der Waals surface area contributed by atoms with Gasteiger partial charge < -0.3 is 9.88 Å². The normalized spacial score (nSPS) is 16.7. The van der Waals surface area contributed by atoms with Crippen molar-refractivity contribution in [2.75, 3.05) is 13.1 Å². The molecule has 1 atom stereocenters. The van der Waals surface area contributed by atoms with E-state index in [-0.39, 0.29) is 11.5 Å². The molecule has 1 N–H and O–H groups in total. The molecule has 2 aromatic carbocycles. The Bertz CT molecular complexity index is 1260. The number of halogens is 1. The molecule has 3 heterocycles. The zero-order valence-corrected chi connectivity index (χ0v) is 16.4. The molecule has 6 nitrogen and oxygen atoms in total. The van der Waals surface area contributed by atoms with Crippen LogP contribution in [-0.2, 0) is 14.1 Å². The van der Waals surface area contributed by atoms with Gasteiger partial charge in [0.25, 0.3) is 0 Å². The fourth-order valence-corrected chi connectivity index (χ4v) is 4.27. The second kappa shape index (κ2) is 6.70. The van der Waals surface area contributed by atoms with Gasteiger partial charge in [0.1, 0.15) is 5.82 Å². The number of imidazole rings is 2. The SMILES string of the molecule is Cn1c(=O)n(C)c2cc(-c3c(-c4ccc(F)cc4)ncn3[C@@H]3CCNC3)ccc21. The monoisotopic (exact) mass is 391 g/mol. The minimum Gasteiger partial charge on any atom is -0.326 e. The van der Waals surface area contributed by atoms with Crippen molar-refractivity contribution < 1.29 is 4.39 Å². The van der Waals surface area contributed by atoms with Crippen molar-refractivity contribution in [3.05, 3.63) is 65.1 Å². The van der Waals surface area contributed by atoms with Gasteiger partial charge in [0.2, 0.25) is 0 Å². The first-order valence-corrected chi connectivity index (χ1v) is 9.74. The van der Waals surface area contributed by atoms with Crippen molar-refractivity contribution in [2.24, 2.45) is 14.1 Å². The molecular formula is C22H22FN5O. The van der Waals surface area contributed by atoms with Crippen LogP contribution < -0.4 is 11.0 Å². The van der Waals surface area contributed by atoms with Crippen LogP contribution in [0.4, 0.5) is 4.39 Å². The molecule has 7 heteroatoms.